The van der Waals surface area contributed by atoms with Gasteiger partial charge in [0.2, 0.25) is 0 Å². The predicted octanol–water partition coefficient (Wildman–Crippen LogP) is 18.6. The summed E-state index contributed by atoms with van der Waals surface area (Å²) in [6.07, 6.45) is 77.8. The highest BCUT2D eigenvalue weighted by atomic mass is 16.6. The molecule has 0 aromatic rings. The van der Waals surface area contributed by atoms with E-state index in [9.17, 15) is 9.59 Å². The van der Waals surface area contributed by atoms with E-state index in [1.54, 1.807) is 0 Å². The van der Waals surface area contributed by atoms with Gasteiger partial charge in [0.25, 0.3) is 0 Å². The largest absolute Gasteiger partial charge is 0.462 e. The van der Waals surface area contributed by atoms with Gasteiger partial charge in [0.15, 0.2) is 6.10 Å². The van der Waals surface area contributed by atoms with Crippen molar-refractivity contribution in [3.63, 3.8) is 0 Å². The molecule has 0 N–H and O–H groups in total. The summed E-state index contributed by atoms with van der Waals surface area (Å²) in [5, 5.41) is 0. The first kappa shape index (κ1) is 62.3. The van der Waals surface area contributed by atoms with Gasteiger partial charge >= 0.3 is 11.9 Å². The van der Waals surface area contributed by atoms with Crippen LogP contribution in [0.1, 0.15) is 226 Å². The Kier molecular flexibility index (Phi) is 52.5. The van der Waals surface area contributed by atoms with Crippen molar-refractivity contribution in [1.29, 1.82) is 0 Å². The second kappa shape index (κ2) is 55.6. The smallest absolute Gasteiger partial charge is 0.306 e. The molecule has 0 aromatic heterocycles. The molecule has 5 nitrogen and oxygen atoms in total. The van der Waals surface area contributed by atoms with Crippen molar-refractivity contribution in [2.24, 2.45) is 0 Å². The lowest BCUT2D eigenvalue weighted by Gasteiger charge is -2.18. The van der Waals surface area contributed by atoms with Crippen LogP contribution < -0.4 is 0 Å². The van der Waals surface area contributed by atoms with Gasteiger partial charge in [-0.3, -0.25) is 9.59 Å². The van der Waals surface area contributed by atoms with E-state index in [1.165, 1.54) is 57.8 Å². The van der Waals surface area contributed by atoms with Crippen LogP contribution in [-0.4, -0.2) is 37.9 Å². The van der Waals surface area contributed by atoms with Crippen molar-refractivity contribution in [2.45, 2.75) is 232 Å². The summed E-state index contributed by atoms with van der Waals surface area (Å²) in [4.78, 5) is 25.5. The lowest BCUT2D eigenvalue weighted by atomic mass is 10.1. The second-order valence-electron chi connectivity index (χ2n) is 17.4. The number of unbranched alkanes of at least 4 members (excludes halogenated alkanes) is 17. The van der Waals surface area contributed by atoms with Crippen LogP contribution >= 0.6 is 0 Å². The first-order chi connectivity index (χ1) is 32.6. The first-order valence-corrected chi connectivity index (χ1v) is 27.1. The van der Waals surface area contributed by atoms with Gasteiger partial charge in [-0.05, 0) is 128 Å². The maximum absolute atomic E-state index is 12.8. The molecular formula is C61H100O5. The lowest BCUT2D eigenvalue weighted by molar-refractivity contribution is -0.163. The quantitative estimate of drug-likeness (QED) is 0.0346. The van der Waals surface area contributed by atoms with Gasteiger partial charge in [-0.15, -0.1) is 0 Å². The van der Waals surface area contributed by atoms with Crippen LogP contribution in [0.3, 0.4) is 0 Å². The minimum atomic E-state index is -0.573. The molecule has 0 aliphatic rings. The molecule has 66 heavy (non-hydrogen) atoms. The minimum Gasteiger partial charge on any atom is -0.462 e. The summed E-state index contributed by atoms with van der Waals surface area (Å²) in [7, 11) is 0. The molecule has 0 bridgehead atoms. The van der Waals surface area contributed by atoms with Gasteiger partial charge in [0.05, 0.1) is 6.61 Å². The van der Waals surface area contributed by atoms with Crippen molar-refractivity contribution < 1.29 is 23.8 Å². The fraction of sp³-hybridized carbons (Fsp3) is 0.639. The van der Waals surface area contributed by atoms with Crippen LogP contribution in [0.15, 0.2) is 122 Å². The summed E-state index contributed by atoms with van der Waals surface area (Å²) in [5.41, 5.74) is 0. The Hall–Kier alpha value is -3.70. The van der Waals surface area contributed by atoms with Gasteiger partial charge in [0, 0.05) is 19.4 Å². The molecule has 0 fully saturated rings. The van der Waals surface area contributed by atoms with E-state index in [0.29, 0.717) is 19.4 Å². The molecule has 0 saturated carbocycles. The standard InChI is InChI=1S/C61H100O5/c1-4-7-10-13-16-19-22-25-28-29-30-31-32-35-38-41-44-47-50-53-56-64-57-59(66-61(63)55-52-49-46-43-40-37-34-27-24-21-18-15-12-9-6-3)58-65-60(62)54-51-48-45-42-39-36-33-26-23-20-17-14-11-8-5-2/h7-8,10-11,16-21,25-28,30-31,33-35,38,59H,4-6,9,12-15,22-24,29,32,36-37,39-58H2,1-3H3/b10-7-,11-8-,19-16-,20-17-,21-18-,28-25-,31-30-,33-26-,34-27-,38-35-. The molecule has 0 rings (SSSR count). The molecule has 0 saturated heterocycles. The number of carbonyl (C=O) groups is 2. The van der Waals surface area contributed by atoms with Crippen LogP contribution in [-0.2, 0) is 23.8 Å². The van der Waals surface area contributed by atoms with Crippen LogP contribution in [0.5, 0.6) is 0 Å². The van der Waals surface area contributed by atoms with E-state index in [4.69, 9.17) is 14.2 Å². The number of rotatable bonds is 48. The maximum Gasteiger partial charge on any atom is 0.306 e. The molecule has 0 spiro atoms. The second-order valence-corrected chi connectivity index (χ2v) is 17.4. The Balaban J connectivity index is 4.40. The highest BCUT2D eigenvalue weighted by Crippen LogP contribution is 2.12. The average molecular weight is 913 g/mol. The van der Waals surface area contributed by atoms with E-state index >= 15 is 0 Å². The Morgan fingerprint density at radius 3 is 1.09 bits per heavy atom. The van der Waals surface area contributed by atoms with E-state index in [1.807, 2.05) is 0 Å². The zero-order valence-corrected chi connectivity index (χ0v) is 42.9. The average Bonchev–Trinajstić information content (AvgIpc) is 3.32. The highest BCUT2D eigenvalue weighted by molar-refractivity contribution is 5.70. The number of ether oxygens (including phenoxy) is 3. The molecule has 1 unspecified atom stereocenters. The van der Waals surface area contributed by atoms with E-state index in [2.05, 4.69) is 142 Å². The number of hydrogen-bond donors (Lipinski definition) is 0. The van der Waals surface area contributed by atoms with E-state index in [0.717, 1.165) is 135 Å². The van der Waals surface area contributed by atoms with Crippen molar-refractivity contribution in [1.82, 2.24) is 0 Å². The zero-order chi connectivity index (χ0) is 47.7. The van der Waals surface area contributed by atoms with E-state index < -0.39 is 6.10 Å². The molecule has 5 heteroatoms. The Morgan fingerprint density at radius 1 is 0.348 bits per heavy atom. The van der Waals surface area contributed by atoms with Gasteiger partial charge in [-0.25, -0.2) is 0 Å². The Bertz CT molecular complexity index is 1350. The van der Waals surface area contributed by atoms with Gasteiger partial charge in [0.1, 0.15) is 6.61 Å². The molecule has 0 heterocycles. The SMILES string of the molecule is CC/C=C\C/C=C\C/C=C\C/C=C\C/C=C\CCCCCCOCC(COC(=O)CCCCCCC/C=C\C/C=C\C/C=C\CC)OC(=O)CCCCCCC/C=C\C/C=C\CCCCC. The Morgan fingerprint density at radius 2 is 0.682 bits per heavy atom. The van der Waals surface area contributed by atoms with E-state index in [-0.39, 0.29) is 25.2 Å². The fourth-order valence-electron chi connectivity index (χ4n) is 6.99. The zero-order valence-electron chi connectivity index (χ0n) is 42.9. The first-order valence-electron chi connectivity index (χ1n) is 27.1. The number of allylic oxidation sites excluding steroid dienone is 20. The summed E-state index contributed by atoms with van der Waals surface area (Å²) < 4.78 is 17.4. The normalized spacial score (nSPS) is 13.2. The third kappa shape index (κ3) is 52.9. The number of carbonyl (C=O) groups excluding carboxylic acids is 2. The lowest BCUT2D eigenvalue weighted by Crippen LogP contribution is -2.30. The summed E-state index contributed by atoms with van der Waals surface area (Å²) >= 11 is 0. The highest BCUT2D eigenvalue weighted by Gasteiger charge is 2.17. The third-order valence-corrected chi connectivity index (χ3v) is 11.0. The molecular weight excluding hydrogens is 813 g/mol. The molecule has 0 amide bonds. The fourth-order valence-corrected chi connectivity index (χ4v) is 6.99. The van der Waals surface area contributed by atoms with Crippen LogP contribution in [0.4, 0.5) is 0 Å². The third-order valence-electron chi connectivity index (χ3n) is 11.0. The molecule has 0 aromatic carbocycles. The van der Waals surface area contributed by atoms with Gasteiger partial charge in [-0.2, -0.15) is 0 Å². The van der Waals surface area contributed by atoms with Crippen LogP contribution in [0.2, 0.25) is 0 Å². The summed E-state index contributed by atoms with van der Waals surface area (Å²) in [6, 6.07) is 0. The van der Waals surface area contributed by atoms with Crippen molar-refractivity contribution in [2.75, 3.05) is 19.8 Å². The number of hydrogen-bond acceptors (Lipinski definition) is 5. The van der Waals surface area contributed by atoms with Crippen molar-refractivity contribution in [3.8, 4) is 0 Å². The predicted molar refractivity (Wildman–Crippen MR) is 288 cm³/mol. The van der Waals surface area contributed by atoms with Crippen molar-refractivity contribution in [3.05, 3.63) is 122 Å². The Labute approximate surface area is 407 Å². The summed E-state index contributed by atoms with van der Waals surface area (Å²) in [6.45, 7) is 7.48. The minimum absolute atomic E-state index is 0.0525. The topological polar surface area (TPSA) is 61.8 Å². The molecule has 0 radical (unpaired) electrons. The maximum atomic E-state index is 12.8. The molecule has 374 valence electrons. The number of esters is 2. The summed E-state index contributed by atoms with van der Waals surface area (Å²) in [5.74, 6) is -0.454. The van der Waals surface area contributed by atoms with Crippen LogP contribution in [0, 0.1) is 0 Å². The monoisotopic (exact) mass is 913 g/mol. The van der Waals surface area contributed by atoms with Gasteiger partial charge < -0.3 is 14.2 Å². The van der Waals surface area contributed by atoms with Crippen molar-refractivity contribution >= 4 is 11.9 Å². The molecule has 1 atom stereocenters. The van der Waals surface area contributed by atoms with Gasteiger partial charge in [-0.1, -0.05) is 206 Å². The molecule has 0 aliphatic heterocycles. The van der Waals surface area contributed by atoms with Crippen LogP contribution in [0.25, 0.3) is 0 Å². The molecule has 0 aliphatic carbocycles.